The fourth-order valence-electron chi connectivity index (χ4n) is 0.958. The molecule has 0 aromatic heterocycles. The lowest BCUT2D eigenvalue weighted by Crippen LogP contribution is -2.29. The maximum Gasteiger partial charge on any atom is 0.390 e. The van der Waals surface area contributed by atoms with Crippen molar-refractivity contribution in [3.63, 3.8) is 0 Å². The third kappa shape index (κ3) is 2.56. The minimum Gasteiger partial charge on any atom is -0.327 e. The minimum absolute atomic E-state index is 0.140. The first-order valence-corrected chi connectivity index (χ1v) is 3.31. The first kappa shape index (κ1) is 7.85. The average molecular weight is 153 g/mol. The van der Waals surface area contributed by atoms with E-state index in [4.69, 9.17) is 5.73 Å². The van der Waals surface area contributed by atoms with Crippen LogP contribution in [0.3, 0.4) is 0 Å². The topological polar surface area (TPSA) is 26.0 Å². The normalized spacial score (nSPS) is 22.8. The lowest BCUT2D eigenvalue weighted by atomic mass is 10.1. The van der Waals surface area contributed by atoms with Crippen LogP contribution in [0.5, 0.6) is 0 Å². The van der Waals surface area contributed by atoms with Crippen LogP contribution < -0.4 is 5.73 Å². The Labute approximate surface area is 57.4 Å². The maximum absolute atomic E-state index is 11.6. The lowest BCUT2D eigenvalue weighted by molar-refractivity contribution is -0.139. The zero-order valence-electron chi connectivity index (χ0n) is 5.49. The standard InChI is InChI=1S/C6H10F3N/c7-6(8,9)3-5(10)4-1-2-4/h4-5H,1-3,10H2/t5-/m0/s1. The number of rotatable bonds is 2. The van der Waals surface area contributed by atoms with Gasteiger partial charge in [-0.05, 0) is 18.8 Å². The Morgan fingerprint density at radius 1 is 1.40 bits per heavy atom. The summed E-state index contributed by atoms with van der Waals surface area (Å²) in [7, 11) is 0. The van der Waals surface area contributed by atoms with Crippen LogP contribution >= 0.6 is 0 Å². The molecule has 0 unspecified atom stereocenters. The maximum atomic E-state index is 11.6. The van der Waals surface area contributed by atoms with Crippen LogP contribution in [0.25, 0.3) is 0 Å². The van der Waals surface area contributed by atoms with E-state index in [2.05, 4.69) is 0 Å². The van der Waals surface area contributed by atoms with Gasteiger partial charge in [0.15, 0.2) is 0 Å². The molecule has 0 aliphatic heterocycles. The molecular weight excluding hydrogens is 143 g/mol. The summed E-state index contributed by atoms with van der Waals surface area (Å²) in [4.78, 5) is 0. The molecule has 1 nitrogen and oxygen atoms in total. The van der Waals surface area contributed by atoms with Gasteiger partial charge in [0, 0.05) is 6.04 Å². The highest BCUT2D eigenvalue weighted by atomic mass is 19.4. The molecule has 0 bridgehead atoms. The summed E-state index contributed by atoms with van der Waals surface area (Å²) in [5, 5.41) is 0. The number of hydrogen-bond acceptors (Lipinski definition) is 1. The van der Waals surface area contributed by atoms with E-state index >= 15 is 0 Å². The monoisotopic (exact) mass is 153 g/mol. The van der Waals surface area contributed by atoms with Crippen molar-refractivity contribution in [1.82, 2.24) is 0 Å². The van der Waals surface area contributed by atoms with Crippen LogP contribution in [0, 0.1) is 5.92 Å². The van der Waals surface area contributed by atoms with Gasteiger partial charge in [0.2, 0.25) is 0 Å². The molecular formula is C6H10F3N. The van der Waals surface area contributed by atoms with Crippen LogP contribution in [-0.4, -0.2) is 12.2 Å². The highest BCUT2D eigenvalue weighted by molar-refractivity contribution is 4.85. The van der Waals surface area contributed by atoms with Gasteiger partial charge in [-0.2, -0.15) is 13.2 Å². The van der Waals surface area contributed by atoms with Gasteiger partial charge < -0.3 is 5.73 Å². The van der Waals surface area contributed by atoms with Gasteiger partial charge in [-0.1, -0.05) is 0 Å². The van der Waals surface area contributed by atoms with Gasteiger partial charge in [-0.25, -0.2) is 0 Å². The predicted molar refractivity (Wildman–Crippen MR) is 31.4 cm³/mol. The smallest absolute Gasteiger partial charge is 0.327 e. The fourth-order valence-corrected chi connectivity index (χ4v) is 0.958. The summed E-state index contributed by atoms with van der Waals surface area (Å²) in [5.74, 6) is 0.140. The van der Waals surface area contributed by atoms with E-state index in [0.717, 1.165) is 12.8 Å². The lowest BCUT2D eigenvalue weighted by Gasteiger charge is -2.12. The van der Waals surface area contributed by atoms with E-state index in [1.807, 2.05) is 0 Å². The largest absolute Gasteiger partial charge is 0.390 e. The molecule has 60 valence electrons. The van der Waals surface area contributed by atoms with Crippen molar-refractivity contribution in [1.29, 1.82) is 0 Å². The summed E-state index contributed by atoms with van der Waals surface area (Å²) in [5.41, 5.74) is 5.25. The molecule has 1 saturated carbocycles. The Balaban J connectivity index is 2.23. The summed E-state index contributed by atoms with van der Waals surface area (Å²) in [6, 6.07) is -0.653. The molecule has 10 heavy (non-hydrogen) atoms. The van der Waals surface area contributed by atoms with Crippen LogP contribution in [-0.2, 0) is 0 Å². The molecule has 0 heterocycles. The van der Waals surface area contributed by atoms with Gasteiger partial charge in [0.1, 0.15) is 0 Å². The highest BCUT2D eigenvalue weighted by Gasteiger charge is 2.37. The summed E-state index contributed by atoms with van der Waals surface area (Å²) in [6.45, 7) is 0. The zero-order valence-corrected chi connectivity index (χ0v) is 5.49. The van der Waals surface area contributed by atoms with Gasteiger partial charge in [-0.15, -0.1) is 0 Å². The van der Waals surface area contributed by atoms with E-state index in [9.17, 15) is 13.2 Å². The number of hydrogen-bond donors (Lipinski definition) is 1. The van der Waals surface area contributed by atoms with Gasteiger partial charge in [0.25, 0.3) is 0 Å². The van der Waals surface area contributed by atoms with E-state index in [1.54, 1.807) is 0 Å². The van der Waals surface area contributed by atoms with Crippen molar-refractivity contribution in [3.8, 4) is 0 Å². The van der Waals surface area contributed by atoms with Crippen LogP contribution in [0.2, 0.25) is 0 Å². The average Bonchev–Trinajstić information content (AvgIpc) is 2.35. The molecule has 0 aromatic rings. The van der Waals surface area contributed by atoms with E-state index < -0.39 is 18.6 Å². The SMILES string of the molecule is N[C@@H](CC(F)(F)F)C1CC1. The predicted octanol–water partition coefficient (Wildman–Crippen LogP) is 1.68. The quantitative estimate of drug-likeness (QED) is 0.641. The Morgan fingerprint density at radius 3 is 2.20 bits per heavy atom. The molecule has 0 amide bonds. The van der Waals surface area contributed by atoms with Crippen LogP contribution in [0.1, 0.15) is 19.3 Å². The second kappa shape index (κ2) is 2.42. The third-order valence-electron chi connectivity index (χ3n) is 1.69. The molecule has 1 rings (SSSR count). The molecule has 4 heteroatoms. The second-order valence-corrected chi connectivity index (χ2v) is 2.82. The molecule has 1 fully saturated rings. The Bertz CT molecular complexity index is 117. The van der Waals surface area contributed by atoms with Crippen molar-refractivity contribution >= 4 is 0 Å². The molecule has 0 saturated heterocycles. The van der Waals surface area contributed by atoms with Gasteiger partial charge in [0.05, 0.1) is 6.42 Å². The number of alkyl halides is 3. The molecule has 0 radical (unpaired) electrons. The fraction of sp³-hybridized carbons (Fsp3) is 1.00. The van der Waals surface area contributed by atoms with E-state index in [0.29, 0.717) is 0 Å². The molecule has 1 atom stereocenters. The zero-order chi connectivity index (χ0) is 7.78. The molecule has 1 aliphatic rings. The first-order valence-electron chi connectivity index (χ1n) is 3.31. The Hall–Kier alpha value is -0.250. The van der Waals surface area contributed by atoms with Gasteiger partial charge in [-0.3, -0.25) is 0 Å². The number of halogens is 3. The van der Waals surface area contributed by atoms with E-state index in [1.165, 1.54) is 0 Å². The van der Waals surface area contributed by atoms with Crippen molar-refractivity contribution in [3.05, 3.63) is 0 Å². The van der Waals surface area contributed by atoms with Gasteiger partial charge >= 0.3 is 6.18 Å². The molecule has 1 aliphatic carbocycles. The Morgan fingerprint density at radius 2 is 1.90 bits per heavy atom. The molecule has 2 N–H and O–H groups in total. The van der Waals surface area contributed by atoms with Crippen molar-refractivity contribution in [2.45, 2.75) is 31.5 Å². The summed E-state index contributed by atoms with van der Waals surface area (Å²) >= 11 is 0. The second-order valence-electron chi connectivity index (χ2n) is 2.82. The molecule has 0 spiro atoms. The minimum atomic E-state index is -4.08. The summed E-state index contributed by atoms with van der Waals surface area (Å²) < 4.78 is 34.8. The Kier molecular flexibility index (Phi) is 1.90. The van der Waals surface area contributed by atoms with E-state index in [-0.39, 0.29) is 5.92 Å². The van der Waals surface area contributed by atoms with Crippen LogP contribution in [0.15, 0.2) is 0 Å². The summed E-state index contributed by atoms with van der Waals surface area (Å²) in [6.07, 6.45) is -3.16. The number of nitrogens with two attached hydrogens (primary N) is 1. The van der Waals surface area contributed by atoms with Crippen molar-refractivity contribution in [2.24, 2.45) is 11.7 Å². The van der Waals surface area contributed by atoms with Crippen molar-refractivity contribution < 1.29 is 13.2 Å². The molecule has 0 aromatic carbocycles. The van der Waals surface area contributed by atoms with Crippen LogP contribution in [0.4, 0.5) is 13.2 Å². The highest BCUT2D eigenvalue weighted by Crippen LogP contribution is 2.36. The third-order valence-corrected chi connectivity index (χ3v) is 1.69. The van der Waals surface area contributed by atoms with Crippen molar-refractivity contribution in [2.75, 3.05) is 0 Å². The first-order chi connectivity index (χ1) is 4.49.